The van der Waals surface area contributed by atoms with Gasteiger partial charge in [0.05, 0.1) is 0 Å². The Morgan fingerprint density at radius 1 is 1.00 bits per heavy atom. The Hall–Kier alpha value is -1.24. The molecule has 0 atom stereocenters. The first-order valence-corrected chi connectivity index (χ1v) is 5.55. The molecule has 4 heteroatoms. The highest BCUT2D eigenvalue weighted by Crippen LogP contribution is 2.21. The highest BCUT2D eigenvalue weighted by atomic mass is 16.1. The van der Waals surface area contributed by atoms with Gasteiger partial charge in [-0.2, -0.15) is 9.98 Å². The van der Waals surface area contributed by atoms with Crippen LogP contribution in [0.2, 0.25) is 0 Å². The minimum absolute atomic E-state index is 0.160. The molecule has 0 bridgehead atoms. The van der Waals surface area contributed by atoms with Crippen LogP contribution in [-0.2, 0) is 9.59 Å². The molecule has 0 fully saturated rings. The van der Waals surface area contributed by atoms with Crippen LogP contribution < -0.4 is 0 Å². The van der Waals surface area contributed by atoms with E-state index in [9.17, 15) is 9.59 Å². The minimum atomic E-state index is -0.160. The van der Waals surface area contributed by atoms with E-state index in [1.165, 1.54) is 37.8 Å². The normalized spacial score (nSPS) is 9.25. The number of carbonyl (C=O) groups excluding carboxylic acids is 2. The zero-order valence-corrected chi connectivity index (χ0v) is 10.7. The van der Waals surface area contributed by atoms with Crippen molar-refractivity contribution in [2.24, 2.45) is 15.4 Å². The third-order valence-electron chi connectivity index (χ3n) is 1.80. The predicted molar refractivity (Wildman–Crippen MR) is 64.7 cm³/mol. The van der Waals surface area contributed by atoms with E-state index in [-0.39, 0.29) is 6.67 Å². The van der Waals surface area contributed by atoms with E-state index in [4.69, 9.17) is 0 Å². The fourth-order valence-corrected chi connectivity index (χ4v) is 0.998. The first-order valence-electron chi connectivity index (χ1n) is 5.55. The zero-order chi connectivity index (χ0) is 12.9. The fourth-order valence-electron chi connectivity index (χ4n) is 0.998. The highest BCUT2D eigenvalue weighted by molar-refractivity contribution is 5.35. The zero-order valence-electron chi connectivity index (χ0n) is 10.7. The first kappa shape index (κ1) is 17.2. The average Bonchev–Trinajstić information content (AvgIpc) is 2.18. The Balaban J connectivity index is 0. The van der Waals surface area contributed by atoms with Gasteiger partial charge in [0, 0.05) is 0 Å². The van der Waals surface area contributed by atoms with Gasteiger partial charge in [0.1, 0.15) is 0 Å². The summed E-state index contributed by atoms with van der Waals surface area (Å²) < 4.78 is 0. The topological polar surface area (TPSA) is 58.9 Å². The number of hydrogen-bond donors (Lipinski definition) is 0. The maximum Gasteiger partial charge on any atom is 0.236 e. The number of hydrogen-bond acceptors (Lipinski definition) is 4. The molecule has 0 spiro atoms. The number of isocyanates is 2. The van der Waals surface area contributed by atoms with E-state index in [0.29, 0.717) is 5.41 Å². The quantitative estimate of drug-likeness (QED) is 0.410. The molecule has 0 rings (SSSR count). The second-order valence-electron chi connectivity index (χ2n) is 4.66. The number of aliphatic imine (C=N–C) groups is 2. The molecule has 0 aliphatic carbocycles. The molecule has 0 aliphatic heterocycles. The molecule has 0 saturated carbocycles. The summed E-state index contributed by atoms with van der Waals surface area (Å²) in [5.41, 5.74) is 0.551. The molecule has 0 unspecified atom stereocenters. The van der Waals surface area contributed by atoms with Crippen molar-refractivity contribution in [1.29, 1.82) is 0 Å². The molecule has 0 aliphatic rings. The molecular weight excluding hydrogens is 204 g/mol. The van der Waals surface area contributed by atoms with Crippen LogP contribution in [0.3, 0.4) is 0 Å². The van der Waals surface area contributed by atoms with Crippen LogP contribution in [-0.4, -0.2) is 18.8 Å². The summed E-state index contributed by atoms with van der Waals surface area (Å²) in [5.74, 6) is 0. The van der Waals surface area contributed by atoms with Gasteiger partial charge in [-0.3, -0.25) is 0 Å². The second kappa shape index (κ2) is 11.8. The van der Waals surface area contributed by atoms with Gasteiger partial charge >= 0.3 is 0 Å². The molecule has 0 heterocycles. The maximum absolute atomic E-state index is 9.20. The Labute approximate surface area is 97.9 Å². The van der Waals surface area contributed by atoms with Crippen LogP contribution in [0.5, 0.6) is 0 Å². The van der Waals surface area contributed by atoms with Crippen molar-refractivity contribution in [2.45, 2.75) is 53.4 Å². The number of nitrogens with zero attached hydrogens (tertiary/aromatic N) is 2. The lowest BCUT2D eigenvalue weighted by atomic mass is 9.90. The third-order valence-corrected chi connectivity index (χ3v) is 1.80. The van der Waals surface area contributed by atoms with Crippen molar-refractivity contribution >= 4 is 12.2 Å². The molecule has 0 amide bonds. The van der Waals surface area contributed by atoms with Gasteiger partial charge in [0.2, 0.25) is 12.2 Å². The van der Waals surface area contributed by atoms with Crippen LogP contribution in [0.1, 0.15) is 53.4 Å². The standard InChI is InChI=1S/C9H20.C3H2N2O2/c1-5-6-7-8-9(2,3)4;6-2-4-1-5-3-7/h5-8H2,1-4H3;1H2. The Kier molecular flexibility index (Phi) is 12.7. The molecule has 0 aromatic rings. The number of rotatable bonds is 5. The average molecular weight is 226 g/mol. The Bertz CT molecular complexity index is 228. The maximum atomic E-state index is 9.20. The lowest BCUT2D eigenvalue weighted by Crippen LogP contribution is -2.03. The van der Waals surface area contributed by atoms with Gasteiger partial charge in [0.25, 0.3) is 0 Å². The smallest absolute Gasteiger partial charge is 0.211 e. The molecule has 16 heavy (non-hydrogen) atoms. The summed E-state index contributed by atoms with van der Waals surface area (Å²) in [5, 5.41) is 0. The van der Waals surface area contributed by atoms with Gasteiger partial charge in [0.15, 0.2) is 6.67 Å². The lowest BCUT2D eigenvalue weighted by molar-refractivity contribution is 0.359. The lowest BCUT2D eigenvalue weighted by Gasteiger charge is -2.16. The SMILES string of the molecule is CCCCCC(C)(C)C.O=C=NCN=C=O. The largest absolute Gasteiger partial charge is 0.236 e. The van der Waals surface area contributed by atoms with Gasteiger partial charge in [-0.1, -0.05) is 47.0 Å². The highest BCUT2D eigenvalue weighted by Gasteiger charge is 2.07. The van der Waals surface area contributed by atoms with Crippen molar-refractivity contribution < 1.29 is 9.59 Å². The van der Waals surface area contributed by atoms with Gasteiger partial charge in [-0.25, -0.2) is 9.59 Å². The monoisotopic (exact) mass is 226 g/mol. The second-order valence-corrected chi connectivity index (χ2v) is 4.66. The Morgan fingerprint density at radius 3 is 1.81 bits per heavy atom. The molecule has 0 N–H and O–H groups in total. The summed E-state index contributed by atoms with van der Waals surface area (Å²) in [6, 6.07) is 0. The van der Waals surface area contributed by atoms with Crippen LogP contribution in [0.4, 0.5) is 0 Å². The molecule has 92 valence electrons. The molecule has 0 aromatic heterocycles. The molecule has 0 radical (unpaired) electrons. The van der Waals surface area contributed by atoms with Crippen LogP contribution >= 0.6 is 0 Å². The molecular formula is C12H22N2O2. The van der Waals surface area contributed by atoms with Crippen molar-refractivity contribution in [3.63, 3.8) is 0 Å². The molecule has 4 nitrogen and oxygen atoms in total. The van der Waals surface area contributed by atoms with Crippen LogP contribution in [0.25, 0.3) is 0 Å². The first-order chi connectivity index (χ1) is 7.47. The Morgan fingerprint density at radius 2 is 1.50 bits per heavy atom. The summed E-state index contributed by atoms with van der Waals surface area (Å²) in [6.45, 7) is 9.02. The predicted octanol–water partition coefficient (Wildman–Crippen LogP) is 3.23. The fraction of sp³-hybridized carbons (Fsp3) is 0.833. The van der Waals surface area contributed by atoms with Crippen LogP contribution in [0.15, 0.2) is 9.98 Å². The van der Waals surface area contributed by atoms with E-state index >= 15 is 0 Å². The summed E-state index contributed by atoms with van der Waals surface area (Å²) in [6.07, 6.45) is 7.93. The van der Waals surface area contributed by atoms with E-state index < -0.39 is 0 Å². The number of unbranched alkanes of at least 4 members (excludes halogenated alkanes) is 2. The summed E-state index contributed by atoms with van der Waals surface area (Å²) in [7, 11) is 0. The van der Waals surface area contributed by atoms with Gasteiger partial charge in [-0.15, -0.1) is 0 Å². The summed E-state index contributed by atoms with van der Waals surface area (Å²) >= 11 is 0. The van der Waals surface area contributed by atoms with E-state index in [0.717, 1.165) is 0 Å². The van der Waals surface area contributed by atoms with Crippen molar-refractivity contribution in [3.05, 3.63) is 0 Å². The van der Waals surface area contributed by atoms with Crippen LogP contribution in [0, 0.1) is 5.41 Å². The van der Waals surface area contributed by atoms with Gasteiger partial charge < -0.3 is 0 Å². The van der Waals surface area contributed by atoms with Crippen molar-refractivity contribution in [1.82, 2.24) is 0 Å². The minimum Gasteiger partial charge on any atom is -0.211 e. The van der Waals surface area contributed by atoms with E-state index in [1.807, 2.05) is 0 Å². The van der Waals surface area contributed by atoms with E-state index in [1.54, 1.807) is 0 Å². The molecule has 0 saturated heterocycles. The van der Waals surface area contributed by atoms with Crippen molar-refractivity contribution in [2.75, 3.05) is 6.67 Å². The summed E-state index contributed by atoms with van der Waals surface area (Å²) in [4.78, 5) is 24.2. The third kappa shape index (κ3) is 23.0. The van der Waals surface area contributed by atoms with Crippen molar-refractivity contribution in [3.8, 4) is 0 Å². The van der Waals surface area contributed by atoms with Gasteiger partial charge in [-0.05, 0) is 11.8 Å². The molecule has 0 aromatic carbocycles. The van der Waals surface area contributed by atoms with E-state index in [2.05, 4.69) is 37.7 Å².